The highest BCUT2D eigenvalue weighted by molar-refractivity contribution is 5.55. The first-order chi connectivity index (χ1) is 9.17. The molecule has 1 aromatic carbocycles. The predicted octanol–water partition coefficient (Wildman–Crippen LogP) is 2.08. The highest BCUT2D eigenvalue weighted by Crippen LogP contribution is 2.28. The lowest BCUT2D eigenvalue weighted by atomic mass is 10.2. The van der Waals surface area contributed by atoms with Gasteiger partial charge in [-0.3, -0.25) is 0 Å². The minimum atomic E-state index is -0.338. The van der Waals surface area contributed by atoms with Crippen LogP contribution in [0, 0.1) is 0 Å². The molecule has 0 radical (unpaired) electrons. The van der Waals surface area contributed by atoms with Crippen LogP contribution in [0.15, 0.2) is 24.3 Å². The third-order valence-electron chi connectivity index (χ3n) is 2.52. The SMILES string of the molecule is CC=Cc1ccc(OCCNCC(C)O)c(OC)c1. The molecular weight excluding hydrogens is 242 g/mol. The quantitative estimate of drug-likeness (QED) is 0.707. The van der Waals surface area contributed by atoms with E-state index < -0.39 is 0 Å². The maximum absolute atomic E-state index is 9.10. The minimum Gasteiger partial charge on any atom is -0.493 e. The van der Waals surface area contributed by atoms with Crippen molar-refractivity contribution in [2.24, 2.45) is 0 Å². The van der Waals surface area contributed by atoms with Gasteiger partial charge in [0, 0.05) is 13.1 Å². The smallest absolute Gasteiger partial charge is 0.161 e. The van der Waals surface area contributed by atoms with Crippen LogP contribution < -0.4 is 14.8 Å². The maximum atomic E-state index is 9.10. The number of hydrogen-bond acceptors (Lipinski definition) is 4. The fourth-order valence-electron chi connectivity index (χ4n) is 1.64. The van der Waals surface area contributed by atoms with Gasteiger partial charge >= 0.3 is 0 Å². The van der Waals surface area contributed by atoms with Gasteiger partial charge in [-0.15, -0.1) is 0 Å². The zero-order valence-electron chi connectivity index (χ0n) is 11.8. The monoisotopic (exact) mass is 265 g/mol. The van der Waals surface area contributed by atoms with E-state index in [1.165, 1.54) is 0 Å². The Bertz CT molecular complexity index is 402. The molecule has 2 N–H and O–H groups in total. The summed E-state index contributed by atoms with van der Waals surface area (Å²) in [5.41, 5.74) is 1.08. The van der Waals surface area contributed by atoms with E-state index in [4.69, 9.17) is 14.6 Å². The Labute approximate surface area is 115 Å². The fourth-order valence-corrected chi connectivity index (χ4v) is 1.64. The van der Waals surface area contributed by atoms with Crippen LogP contribution in [0.1, 0.15) is 19.4 Å². The van der Waals surface area contributed by atoms with Crippen LogP contribution in [0.4, 0.5) is 0 Å². The fraction of sp³-hybridized carbons (Fsp3) is 0.467. The van der Waals surface area contributed by atoms with E-state index in [1.807, 2.05) is 37.3 Å². The van der Waals surface area contributed by atoms with Gasteiger partial charge in [0.15, 0.2) is 11.5 Å². The molecule has 0 spiro atoms. The number of nitrogens with one attached hydrogen (secondary N) is 1. The summed E-state index contributed by atoms with van der Waals surface area (Å²) in [6.45, 7) is 5.51. The zero-order valence-corrected chi connectivity index (χ0v) is 11.8. The minimum absolute atomic E-state index is 0.338. The standard InChI is InChI=1S/C15H23NO3/c1-4-5-13-6-7-14(15(10-13)18-3)19-9-8-16-11-12(2)17/h4-7,10,12,16-17H,8-9,11H2,1-3H3. The first-order valence-corrected chi connectivity index (χ1v) is 6.49. The molecule has 0 fully saturated rings. The number of methoxy groups -OCH3 is 1. The molecule has 1 rings (SSSR count). The Morgan fingerprint density at radius 1 is 1.37 bits per heavy atom. The van der Waals surface area contributed by atoms with Crippen LogP contribution in [0.2, 0.25) is 0 Å². The van der Waals surface area contributed by atoms with E-state index in [0.717, 1.165) is 17.1 Å². The Hall–Kier alpha value is -1.52. The van der Waals surface area contributed by atoms with Crippen LogP contribution in [-0.4, -0.2) is 38.0 Å². The molecule has 4 nitrogen and oxygen atoms in total. The summed E-state index contributed by atoms with van der Waals surface area (Å²) >= 11 is 0. The number of aliphatic hydroxyl groups excluding tert-OH is 1. The number of hydrogen-bond donors (Lipinski definition) is 2. The van der Waals surface area contributed by atoms with E-state index in [2.05, 4.69) is 5.32 Å². The van der Waals surface area contributed by atoms with Crippen LogP contribution >= 0.6 is 0 Å². The Morgan fingerprint density at radius 2 is 2.16 bits per heavy atom. The molecular formula is C15H23NO3. The largest absolute Gasteiger partial charge is 0.493 e. The normalized spacial score (nSPS) is 12.6. The van der Waals surface area contributed by atoms with Crippen LogP contribution in [0.5, 0.6) is 11.5 Å². The van der Waals surface area contributed by atoms with Gasteiger partial charge in [0.05, 0.1) is 13.2 Å². The summed E-state index contributed by atoms with van der Waals surface area (Å²) < 4.78 is 11.0. The lowest BCUT2D eigenvalue weighted by Crippen LogP contribution is -2.28. The molecule has 106 valence electrons. The average molecular weight is 265 g/mol. The molecule has 0 heterocycles. The van der Waals surface area contributed by atoms with Gasteiger partial charge in [0.2, 0.25) is 0 Å². The third kappa shape index (κ3) is 5.77. The summed E-state index contributed by atoms with van der Waals surface area (Å²) in [6, 6.07) is 5.84. The van der Waals surface area contributed by atoms with Crippen molar-refractivity contribution in [2.75, 3.05) is 26.8 Å². The lowest BCUT2D eigenvalue weighted by molar-refractivity contribution is 0.187. The summed E-state index contributed by atoms with van der Waals surface area (Å²) in [4.78, 5) is 0. The van der Waals surface area contributed by atoms with Gasteiger partial charge in [-0.2, -0.15) is 0 Å². The number of aliphatic hydroxyl groups is 1. The van der Waals surface area contributed by atoms with Crippen molar-refractivity contribution in [3.05, 3.63) is 29.8 Å². The second-order valence-corrected chi connectivity index (χ2v) is 4.31. The molecule has 1 unspecified atom stereocenters. The molecule has 1 aromatic rings. The van der Waals surface area contributed by atoms with Gasteiger partial charge in [0.1, 0.15) is 6.61 Å². The van der Waals surface area contributed by atoms with Gasteiger partial charge in [-0.1, -0.05) is 18.2 Å². The van der Waals surface area contributed by atoms with Crippen molar-refractivity contribution >= 4 is 6.08 Å². The second kappa shape index (κ2) is 8.56. The third-order valence-corrected chi connectivity index (χ3v) is 2.52. The Kier molecular flexibility index (Phi) is 7.00. The van der Waals surface area contributed by atoms with Crippen LogP contribution in [-0.2, 0) is 0 Å². The number of allylic oxidation sites excluding steroid dienone is 1. The molecule has 0 bridgehead atoms. The summed E-state index contributed by atoms with van der Waals surface area (Å²) in [7, 11) is 1.63. The summed E-state index contributed by atoms with van der Waals surface area (Å²) in [5.74, 6) is 1.46. The van der Waals surface area contributed by atoms with Crippen molar-refractivity contribution < 1.29 is 14.6 Å². The van der Waals surface area contributed by atoms with E-state index >= 15 is 0 Å². The number of benzene rings is 1. The first-order valence-electron chi connectivity index (χ1n) is 6.49. The molecule has 0 aliphatic rings. The molecule has 0 saturated carbocycles. The highest BCUT2D eigenvalue weighted by Gasteiger charge is 2.04. The topological polar surface area (TPSA) is 50.7 Å². The molecule has 0 amide bonds. The van der Waals surface area contributed by atoms with Crippen molar-refractivity contribution in [1.82, 2.24) is 5.32 Å². The number of ether oxygens (including phenoxy) is 2. The van der Waals surface area contributed by atoms with Crippen molar-refractivity contribution in [1.29, 1.82) is 0 Å². The van der Waals surface area contributed by atoms with Gasteiger partial charge in [-0.05, 0) is 31.5 Å². The van der Waals surface area contributed by atoms with Crippen LogP contribution in [0.25, 0.3) is 6.08 Å². The molecule has 0 aliphatic heterocycles. The predicted molar refractivity (Wildman–Crippen MR) is 77.7 cm³/mol. The highest BCUT2D eigenvalue weighted by atomic mass is 16.5. The summed E-state index contributed by atoms with van der Waals surface area (Å²) in [5, 5.41) is 12.2. The molecule has 0 saturated heterocycles. The second-order valence-electron chi connectivity index (χ2n) is 4.31. The molecule has 19 heavy (non-hydrogen) atoms. The lowest BCUT2D eigenvalue weighted by Gasteiger charge is -2.12. The van der Waals surface area contributed by atoms with Crippen LogP contribution in [0.3, 0.4) is 0 Å². The molecule has 0 aromatic heterocycles. The van der Waals surface area contributed by atoms with E-state index in [0.29, 0.717) is 19.7 Å². The van der Waals surface area contributed by atoms with Crippen molar-refractivity contribution in [3.8, 4) is 11.5 Å². The first kappa shape index (κ1) is 15.5. The molecule has 4 heteroatoms. The van der Waals surface area contributed by atoms with Gasteiger partial charge < -0.3 is 19.9 Å². The average Bonchev–Trinajstić information content (AvgIpc) is 2.39. The molecule has 0 aliphatic carbocycles. The van der Waals surface area contributed by atoms with Crippen molar-refractivity contribution in [2.45, 2.75) is 20.0 Å². The Balaban J connectivity index is 2.49. The number of rotatable bonds is 8. The zero-order chi connectivity index (χ0) is 14.1. The van der Waals surface area contributed by atoms with E-state index in [9.17, 15) is 0 Å². The van der Waals surface area contributed by atoms with E-state index in [1.54, 1.807) is 14.0 Å². The van der Waals surface area contributed by atoms with Gasteiger partial charge in [-0.25, -0.2) is 0 Å². The van der Waals surface area contributed by atoms with E-state index in [-0.39, 0.29) is 6.10 Å². The van der Waals surface area contributed by atoms with Gasteiger partial charge in [0.25, 0.3) is 0 Å². The molecule has 1 atom stereocenters. The Morgan fingerprint density at radius 3 is 2.79 bits per heavy atom. The summed E-state index contributed by atoms with van der Waals surface area (Å²) in [6.07, 6.45) is 3.65. The van der Waals surface area contributed by atoms with Crippen molar-refractivity contribution in [3.63, 3.8) is 0 Å². The maximum Gasteiger partial charge on any atom is 0.161 e.